The molecule has 0 unspecified atom stereocenters. The second-order valence-electron chi connectivity index (χ2n) is 15.4. The third-order valence-corrected chi connectivity index (χ3v) is 10.5. The molecule has 15 atom stereocenters. The Bertz CT molecular complexity index is 1580. The Hall–Kier alpha value is -3.58. The van der Waals surface area contributed by atoms with E-state index in [1.807, 2.05) is 30.3 Å². The van der Waals surface area contributed by atoms with Gasteiger partial charge in [-0.15, -0.1) is 0 Å². The summed E-state index contributed by atoms with van der Waals surface area (Å²) in [6, 6.07) is 9.22. The number of unbranched alkanes of at least 4 members (excludes halogenated alkanes) is 2. The molecular weight excluding hydrogens is 862 g/mol. The molecule has 0 spiro atoms. The highest BCUT2D eigenvalue weighted by molar-refractivity contribution is 5.82. The summed E-state index contributed by atoms with van der Waals surface area (Å²) in [4.78, 5) is 50.0. The van der Waals surface area contributed by atoms with Crippen LogP contribution in [0.1, 0.15) is 31.2 Å². The number of esters is 1. The summed E-state index contributed by atoms with van der Waals surface area (Å²) >= 11 is 0. The number of nitrogens with zero attached hydrogens (tertiary/aromatic N) is 1. The number of carboxylic acid groups (broad SMARTS) is 1. The Morgan fingerprint density at radius 3 is 1.78 bits per heavy atom. The van der Waals surface area contributed by atoms with Crippen molar-refractivity contribution in [1.29, 1.82) is 0 Å². The predicted molar refractivity (Wildman–Crippen MR) is 210 cm³/mol. The summed E-state index contributed by atoms with van der Waals surface area (Å²) in [5.74, 6) is -2.91. The monoisotopic (exact) mass is 923 g/mol. The molecule has 3 heterocycles. The van der Waals surface area contributed by atoms with Gasteiger partial charge in [0.1, 0.15) is 79.9 Å². The van der Waals surface area contributed by atoms with E-state index in [9.17, 15) is 75.3 Å². The van der Waals surface area contributed by atoms with Crippen molar-refractivity contribution in [3.63, 3.8) is 0 Å². The molecule has 1 aromatic rings. The van der Waals surface area contributed by atoms with Crippen LogP contribution in [0.3, 0.4) is 0 Å². The lowest BCUT2D eigenvalue weighted by atomic mass is 9.96. The Balaban J connectivity index is 1.26. The van der Waals surface area contributed by atoms with Crippen LogP contribution >= 0.6 is 0 Å². The van der Waals surface area contributed by atoms with Crippen LogP contribution in [0.2, 0.25) is 0 Å². The quantitative estimate of drug-likeness (QED) is 0.0320. The van der Waals surface area contributed by atoms with Gasteiger partial charge in [0.05, 0.1) is 46.1 Å². The van der Waals surface area contributed by atoms with Crippen molar-refractivity contribution in [2.24, 2.45) is 0 Å². The Kier molecular flexibility index (Phi) is 22.0. The molecule has 13 N–H and O–H groups in total. The third-order valence-electron chi connectivity index (χ3n) is 10.5. The van der Waals surface area contributed by atoms with Crippen molar-refractivity contribution in [3.05, 3.63) is 35.9 Å². The lowest BCUT2D eigenvalue weighted by Gasteiger charge is -2.46. The molecule has 25 nitrogen and oxygen atoms in total. The largest absolute Gasteiger partial charge is 0.480 e. The Morgan fingerprint density at radius 1 is 0.609 bits per heavy atom. The molecule has 3 aliphatic heterocycles. The lowest BCUT2D eigenvalue weighted by molar-refractivity contribution is -0.366. The summed E-state index contributed by atoms with van der Waals surface area (Å²) in [7, 11) is 0. The van der Waals surface area contributed by atoms with Gasteiger partial charge in [-0.05, 0) is 18.4 Å². The van der Waals surface area contributed by atoms with Crippen molar-refractivity contribution in [1.82, 2.24) is 15.5 Å². The molecule has 1 aromatic carbocycles. The molecule has 25 heteroatoms. The zero-order valence-corrected chi connectivity index (χ0v) is 34.8. The number of aliphatic hydroxyl groups excluding tert-OH is 10. The highest BCUT2D eigenvalue weighted by Gasteiger charge is 2.52. The fraction of sp³-hybridized carbons (Fsp3) is 0.744. The van der Waals surface area contributed by atoms with Crippen LogP contribution in [0.25, 0.3) is 0 Å². The van der Waals surface area contributed by atoms with Gasteiger partial charge >= 0.3 is 11.9 Å². The molecule has 3 saturated heterocycles. The van der Waals surface area contributed by atoms with Gasteiger partial charge < -0.3 is 100.0 Å². The summed E-state index contributed by atoms with van der Waals surface area (Å²) < 4.78 is 38.4. The van der Waals surface area contributed by atoms with E-state index in [4.69, 9.17) is 33.2 Å². The summed E-state index contributed by atoms with van der Waals surface area (Å²) in [6.07, 6.45) is -24.2. The zero-order valence-electron chi connectivity index (χ0n) is 34.8. The minimum absolute atomic E-state index is 0.174. The number of ether oxygens (including phenoxy) is 7. The van der Waals surface area contributed by atoms with Crippen LogP contribution < -0.4 is 10.6 Å². The number of hydrogen-bond donors (Lipinski definition) is 13. The molecule has 2 amide bonds. The number of carbonyl (C=O) groups is 4. The van der Waals surface area contributed by atoms with E-state index in [-0.39, 0.29) is 32.1 Å². The first-order valence-corrected chi connectivity index (χ1v) is 20.7. The maximum atomic E-state index is 12.8. The van der Waals surface area contributed by atoms with Gasteiger partial charge in [0, 0.05) is 19.5 Å². The number of carboxylic acids is 1. The van der Waals surface area contributed by atoms with E-state index in [2.05, 4.69) is 10.6 Å². The van der Waals surface area contributed by atoms with E-state index in [0.717, 1.165) is 10.5 Å². The Morgan fingerprint density at radius 2 is 1.17 bits per heavy atom. The lowest BCUT2D eigenvalue weighted by Crippen LogP contribution is -2.65. The van der Waals surface area contributed by atoms with Crippen LogP contribution in [0.5, 0.6) is 0 Å². The van der Waals surface area contributed by atoms with Crippen LogP contribution in [-0.4, -0.2) is 236 Å². The number of amides is 2. The number of rotatable bonds is 25. The molecule has 0 radical (unpaired) electrons. The summed E-state index contributed by atoms with van der Waals surface area (Å²) in [5, 5.41) is 118. The summed E-state index contributed by atoms with van der Waals surface area (Å²) in [5.41, 5.74) is 0.870. The van der Waals surface area contributed by atoms with E-state index in [0.29, 0.717) is 19.3 Å². The number of aliphatic hydroxyl groups is 10. The van der Waals surface area contributed by atoms with Crippen molar-refractivity contribution in [3.8, 4) is 0 Å². The van der Waals surface area contributed by atoms with Gasteiger partial charge in [-0.3, -0.25) is 24.1 Å². The molecule has 4 rings (SSSR count). The first-order valence-electron chi connectivity index (χ1n) is 20.7. The number of hydrogen-bond acceptors (Lipinski definition) is 22. The molecule has 3 aliphatic rings. The van der Waals surface area contributed by atoms with Crippen LogP contribution in [-0.2, 0) is 58.9 Å². The van der Waals surface area contributed by atoms with E-state index in [1.165, 1.54) is 0 Å². The van der Waals surface area contributed by atoms with Crippen LogP contribution in [0.4, 0.5) is 0 Å². The molecule has 0 aromatic heterocycles. The SMILES string of the molecule is O=C(O)CN(CC(=O)NCCCCCC(=O)OCc1ccccc1)CC(=O)NCCO[C@H]1O[C@H](CO[C@H]2O[C@H](CO)[C@@H](O)[C@H](O)[C@@H]2O)[C@@H](O)[C@H](O[C@H]2O[C@H](CO)[C@@H](O)[C@H](O)[C@@H]2O)[C@@H]1O. The van der Waals surface area contributed by atoms with Crippen molar-refractivity contribution >= 4 is 23.8 Å². The predicted octanol–water partition coefficient (Wildman–Crippen LogP) is -6.63. The minimum Gasteiger partial charge on any atom is -0.480 e. The van der Waals surface area contributed by atoms with Gasteiger partial charge in [0.25, 0.3) is 0 Å². The highest BCUT2D eigenvalue weighted by Crippen LogP contribution is 2.31. The summed E-state index contributed by atoms with van der Waals surface area (Å²) in [6.45, 7) is -4.16. The van der Waals surface area contributed by atoms with E-state index < -0.39 is 156 Å². The number of carbonyl (C=O) groups excluding carboxylic acids is 3. The minimum atomic E-state index is -1.95. The molecule has 0 saturated carbocycles. The first-order chi connectivity index (χ1) is 30.5. The van der Waals surface area contributed by atoms with Gasteiger partial charge in [-0.25, -0.2) is 0 Å². The number of nitrogens with one attached hydrogen (secondary N) is 2. The molecule has 364 valence electrons. The van der Waals surface area contributed by atoms with Crippen molar-refractivity contribution in [2.75, 3.05) is 59.2 Å². The zero-order chi connectivity index (χ0) is 46.9. The topological polar surface area (TPSA) is 383 Å². The second-order valence-corrected chi connectivity index (χ2v) is 15.4. The molecule has 0 aliphatic carbocycles. The van der Waals surface area contributed by atoms with Crippen LogP contribution in [0.15, 0.2) is 30.3 Å². The Labute approximate surface area is 366 Å². The first kappa shape index (κ1) is 53.0. The second kappa shape index (κ2) is 26.5. The van der Waals surface area contributed by atoms with Crippen molar-refractivity contribution in [2.45, 2.75) is 124 Å². The smallest absolute Gasteiger partial charge is 0.317 e. The number of aliphatic carboxylic acids is 1. The molecule has 0 bridgehead atoms. The maximum absolute atomic E-state index is 12.8. The van der Waals surface area contributed by atoms with Crippen LogP contribution in [0, 0.1) is 0 Å². The number of benzene rings is 1. The normalized spacial score (nSPS) is 33.1. The molecule has 3 fully saturated rings. The fourth-order valence-electron chi connectivity index (χ4n) is 6.92. The highest BCUT2D eigenvalue weighted by atomic mass is 16.7. The third kappa shape index (κ3) is 15.8. The van der Waals surface area contributed by atoms with Gasteiger partial charge in [-0.1, -0.05) is 36.8 Å². The average Bonchev–Trinajstić information content (AvgIpc) is 3.27. The molecule has 64 heavy (non-hydrogen) atoms. The van der Waals surface area contributed by atoms with Gasteiger partial charge in [0.15, 0.2) is 18.9 Å². The average molecular weight is 924 g/mol. The van der Waals surface area contributed by atoms with E-state index >= 15 is 0 Å². The molecular formula is C39H61N3O22. The van der Waals surface area contributed by atoms with Crippen molar-refractivity contribution < 1.29 is 109 Å². The van der Waals surface area contributed by atoms with Gasteiger partial charge in [-0.2, -0.15) is 0 Å². The standard InChI is InChI=1S/C39H61N3O22/c43-16-21-28(50)31(53)33(55)37(61-21)60-19-23-30(52)36(64-39-34(56)32(54)29(51)22(17-44)62-39)35(57)38(63-23)58-12-11-41-25(46)14-42(15-26(47)48)13-24(45)40-10-6-2-5-9-27(49)59-18-20-7-3-1-4-8-20/h1,3-4,7-8,21-23,28-39,43-44,50-57H,2,5-6,9-19H2,(H,40,45)(H,41,46)(H,47,48)/t21-,22-,23-,28-,29-,30-,31+,32+,33+,34+,35+,36+,37+,38+,39-/m1/s1. The van der Waals surface area contributed by atoms with Gasteiger partial charge in [0.2, 0.25) is 11.8 Å². The maximum Gasteiger partial charge on any atom is 0.317 e. The fourth-order valence-corrected chi connectivity index (χ4v) is 6.92. The van der Waals surface area contributed by atoms with E-state index in [1.54, 1.807) is 0 Å².